The van der Waals surface area contributed by atoms with Gasteiger partial charge in [0, 0.05) is 11.8 Å². The monoisotopic (exact) mass is 222 g/mol. The maximum Gasteiger partial charge on any atom is 0.225 e. The quantitative estimate of drug-likeness (QED) is 0.700. The minimum Gasteiger partial charge on any atom is -0.281 e. The number of rotatable bonds is 2. The first-order valence-electron chi connectivity index (χ1n) is 5.20. The topological polar surface area (TPSA) is 17.1 Å². The highest BCUT2D eigenvalue weighted by molar-refractivity contribution is 6.64. The number of carbonyl (C=O) groups excluding carboxylic acids is 1. The molecule has 0 heterocycles. The molecule has 1 nitrogen and oxygen atoms in total. The molecule has 2 heteroatoms. The molecular weight excluding hydrogens is 208 g/mol. The molecular formula is C13H15ClO. The molecule has 1 aliphatic rings. The first kappa shape index (κ1) is 10.7. The van der Waals surface area contributed by atoms with Crippen LogP contribution in [0.5, 0.6) is 0 Å². The van der Waals surface area contributed by atoms with Crippen LogP contribution in [0, 0.1) is 18.3 Å². The summed E-state index contributed by atoms with van der Waals surface area (Å²) in [5.74, 6) is 0.282. The molecule has 2 rings (SSSR count). The zero-order valence-electron chi connectivity index (χ0n) is 9.25. The molecule has 1 saturated carbocycles. The van der Waals surface area contributed by atoms with Crippen molar-refractivity contribution in [3.05, 3.63) is 35.4 Å². The van der Waals surface area contributed by atoms with Crippen LogP contribution >= 0.6 is 11.6 Å². The van der Waals surface area contributed by atoms with Crippen LogP contribution in [-0.2, 0) is 4.79 Å². The smallest absolute Gasteiger partial charge is 0.225 e. The van der Waals surface area contributed by atoms with Gasteiger partial charge in [-0.1, -0.05) is 43.7 Å². The van der Waals surface area contributed by atoms with Crippen LogP contribution in [0.3, 0.4) is 0 Å². The van der Waals surface area contributed by atoms with Crippen LogP contribution in [-0.4, -0.2) is 5.24 Å². The fraction of sp³-hybridized carbons (Fsp3) is 0.462. The van der Waals surface area contributed by atoms with Crippen molar-refractivity contribution in [2.75, 3.05) is 0 Å². The van der Waals surface area contributed by atoms with Gasteiger partial charge in [0.15, 0.2) is 0 Å². The molecule has 1 aromatic rings. The number of halogens is 1. The van der Waals surface area contributed by atoms with Crippen LogP contribution in [0.4, 0.5) is 0 Å². The first-order chi connectivity index (χ1) is 6.94. The minimum atomic E-state index is -0.203. The summed E-state index contributed by atoms with van der Waals surface area (Å²) in [5, 5.41) is -0.203. The third-order valence-electron chi connectivity index (χ3n) is 3.51. The van der Waals surface area contributed by atoms with Crippen LogP contribution in [0.15, 0.2) is 24.3 Å². The van der Waals surface area contributed by atoms with Gasteiger partial charge in [0.05, 0.1) is 0 Å². The molecule has 0 unspecified atom stereocenters. The predicted molar refractivity (Wildman–Crippen MR) is 62.1 cm³/mol. The Balaban J connectivity index is 2.27. The summed E-state index contributed by atoms with van der Waals surface area (Å²) < 4.78 is 0. The number of carbonyl (C=O) groups is 1. The fourth-order valence-electron chi connectivity index (χ4n) is 2.46. The molecule has 2 atom stereocenters. The Hall–Kier alpha value is -0.820. The number of benzene rings is 1. The number of aryl methyl sites for hydroxylation is 1. The molecule has 1 aromatic carbocycles. The lowest BCUT2D eigenvalue weighted by atomic mass is 10.0. The molecule has 0 aromatic heterocycles. The molecule has 0 N–H and O–H groups in total. The molecule has 80 valence electrons. The summed E-state index contributed by atoms with van der Waals surface area (Å²) in [6.07, 6.45) is 0. The van der Waals surface area contributed by atoms with Crippen molar-refractivity contribution < 1.29 is 4.79 Å². The normalized spacial score (nSPS) is 27.5. The van der Waals surface area contributed by atoms with Crippen molar-refractivity contribution >= 4 is 16.8 Å². The van der Waals surface area contributed by atoms with E-state index in [9.17, 15) is 4.79 Å². The third kappa shape index (κ3) is 1.69. The second kappa shape index (κ2) is 3.34. The van der Waals surface area contributed by atoms with E-state index in [2.05, 4.69) is 45.0 Å². The molecule has 0 amide bonds. The van der Waals surface area contributed by atoms with E-state index >= 15 is 0 Å². The highest BCUT2D eigenvalue weighted by Gasteiger charge is 2.61. The van der Waals surface area contributed by atoms with Crippen molar-refractivity contribution in [3.63, 3.8) is 0 Å². The molecule has 0 spiro atoms. The van der Waals surface area contributed by atoms with Gasteiger partial charge in [0.1, 0.15) is 0 Å². The summed E-state index contributed by atoms with van der Waals surface area (Å²) in [7, 11) is 0. The molecule has 0 radical (unpaired) electrons. The van der Waals surface area contributed by atoms with Gasteiger partial charge in [0.2, 0.25) is 5.24 Å². The van der Waals surface area contributed by atoms with Gasteiger partial charge >= 0.3 is 0 Å². The maximum atomic E-state index is 11.2. The Morgan fingerprint density at radius 1 is 1.27 bits per heavy atom. The van der Waals surface area contributed by atoms with E-state index in [4.69, 9.17) is 11.6 Å². The minimum absolute atomic E-state index is 0.0122. The van der Waals surface area contributed by atoms with Crippen molar-refractivity contribution in [3.8, 4) is 0 Å². The molecule has 0 bridgehead atoms. The van der Waals surface area contributed by atoms with E-state index < -0.39 is 0 Å². The fourth-order valence-corrected chi connectivity index (χ4v) is 2.86. The predicted octanol–water partition coefficient (Wildman–Crippen LogP) is 3.50. The highest BCUT2D eigenvalue weighted by atomic mass is 35.5. The molecule has 1 aliphatic carbocycles. The Morgan fingerprint density at radius 2 is 1.80 bits per heavy atom. The maximum absolute atomic E-state index is 11.2. The van der Waals surface area contributed by atoms with Gasteiger partial charge in [0.25, 0.3) is 0 Å². The Labute approximate surface area is 95.4 Å². The van der Waals surface area contributed by atoms with E-state index in [1.165, 1.54) is 11.1 Å². The van der Waals surface area contributed by atoms with Crippen molar-refractivity contribution in [1.29, 1.82) is 0 Å². The lowest BCUT2D eigenvalue weighted by Crippen LogP contribution is -1.96. The van der Waals surface area contributed by atoms with Crippen molar-refractivity contribution in [2.45, 2.75) is 26.7 Å². The standard InChI is InChI=1S/C13H15ClO/c1-8-4-6-9(7-5-8)10-11(12(14)15)13(10,2)3/h4-7,10-11H,1-3H3/t10-,11+/m0/s1. The number of hydrogen-bond acceptors (Lipinski definition) is 1. The first-order valence-corrected chi connectivity index (χ1v) is 5.58. The second-order valence-electron chi connectivity index (χ2n) is 4.99. The van der Waals surface area contributed by atoms with E-state index in [0.29, 0.717) is 5.92 Å². The zero-order chi connectivity index (χ0) is 11.2. The van der Waals surface area contributed by atoms with Gasteiger partial charge in [-0.05, 0) is 29.5 Å². The third-order valence-corrected chi connectivity index (χ3v) is 3.74. The lowest BCUT2D eigenvalue weighted by Gasteiger charge is -2.02. The molecule has 0 saturated heterocycles. The van der Waals surface area contributed by atoms with E-state index in [1.54, 1.807) is 0 Å². The van der Waals surface area contributed by atoms with Gasteiger partial charge in [-0.15, -0.1) is 0 Å². The average Bonchev–Trinajstić information content (AvgIpc) is 2.70. The Kier molecular flexibility index (Phi) is 2.38. The number of hydrogen-bond donors (Lipinski definition) is 0. The van der Waals surface area contributed by atoms with Gasteiger partial charge in [-0.25, -0.2) is 0 Å². The summed E-state index contributed by atoms with van der Waals surface area (Å²) in [6.45, 7) is 6.26. The summed E-state index contributed by atoms with van der Waals surface area (Å²) in [5.41, 5.74) is 2.49. The Bertz CT molecular complexity index is 392. The van der Waals surface area contributed by atoms with Crippen LogP contribution < -0.4 is 0 Å². The Morgan fingerprint density at radius 3 is 2.20 bits per heavy atom. The van der Waals surface area contributed by atoms with Gasteiger partial charge in [-0.3, -0.25) is 4.79 Å². The van der Waals surface area contributed by atoms with Gasteiger partial charge in [-0.2, -0.15) is 0 Å². The van der Waals surface area contributed by atoms with Gasteiger partial charge < -0.3 is 0 Å². The summed E-state index contributed by atoms with van der Waals surface area (Å²) >= 11 is 5.60. The summed E-state index contributed by atoms with van der Waals surface area (Å²) in [4.78, 5) is 11.2. The molecule has 15 heavy (non-hydrogen) atoms. The van der Waals surface area contributed by atoms with E-state index in [0.717, 1.165) is 0 Å². The largest absolute Gasteiger partial charge is 0.281 e. The van der Waals surface area contributed by atoms with E-state index in [1.807, 2.05) is 0 Å². The summed E-state index contributed by atoms with van der Waals surface area (Å²) in [6, 6.07) is 8.36. The molecule has 0 aliphatic heterocycles. The highest BCUT2D eigenvalue weighted by Crippen LogP contribution is 2.65. The zero-order valence-corrected chi connectivity index (χ0v) is 10.0. The average molecular weight is 223 g/mol. The van der Waals surface area contributed by atoms with Crippen molar-refractivity contribution in [2.24, 2.45) is 11.3 Å². The SMILES string of the molecule is Cc1ccc([C@H]2[C@H](C(=O)Cl)C2(C)C)cc1. The van der Waals surface area contributed by atoms with Crippen LogP contribution in [0.1, 0.15) is 30.9 Å². The second-order valence-corrected chi connectivity index (χ2v) is 5.36. The van der Waals surface area contributed by atoms with Crippen LogP contribution in [0.25, 0.3) is 0 Å². The van der Waals surface area contributed by atoms with E-state index in [-0.39, 0.29) is 16.6 Å². The molecule has 1 fully saturated rings. The lowest BCUT2D eigenvalue weighted by molar-refractivity contribution is -0.113. The van der Waals surface area contributed by atoms with Crippen molar-refractivity contribution in [1.82, 2.24) is 0 Å². The van der Waals surface area contributed by atoms with Crippen LogP contribution in [0.2, 0.25) is 0 Å².